The molecule has 1 aliphatic rings. The fourth-order valence-corrected chi connectivity index (χ4v) is 7.73. The van der Waals surface area contributed by atoms with E-state index in [1.54, 1.807) is 60.0 Å². The highest BCUT2D eigenvalue weighted by atomic mass is 35.5. The van der Waals surface area contributed by atoms with Gasteiger partial charge in [-0.05, 0) is 60.9 Å². The number of aliphatic hydroxyl groups excluding tert-OH is 1. The Morgan fingerprint density at radius 2 is 1.91 bits per heavy atom. The number of fused-ring (bicyclic) bond motifs is 1. The van der Waals surface area contributed by atoms with Crippen LogP contribution in [0.1, 0.15) is 48.3 Å². The molecule has 6 rings (SSSR count). The van der Waals surface area contributed by atoms with Crippen LogP contribution < -0.4 is 14.4 Å². The highest BCUT2D eigenvalue weighted by molar-refractivity contribution is 8.00. The second kappa shape index (κ2) is 13.9. The summed E-state index contributed by atoms with van der Waals surface area (Å²) in [5.74, 6) is -0.642. The number of ether oxygens (including phenoxy) is 2. The van der Waals surface area contributed by atoms with E-state index in [0.717, 1.165) is 29.7 Å². The Labute approximate surface area is 289 Å². The van der Waals surface area contributed by atoms with E-state index in [1.165, 1.54) is 23.8 Å². The molecular formula is C33H29Cl2N5O5S2. The van der Waals surface area contributed by atoms with Crippen molar-refractivity contribution in [1.29, 1.82) is 0 Å². The molecule has 1 fully saturated rings. The Balaban J connectivity index is 1.44. The maximum atomic E-state index is 13.9. The van der Waals surface area contributed by atoms with Gasteiger partial charge < -0.3 is 14.6 Å². The lowest BCUT2D eigenvalue weighted by Gasteiger charge is -2.23. The molecule has 0 bridgehead atoms. The van der Waals surface area contributed by atoms with Gasteiger partial charge in [-0.15, -0.1) is 10.2 Å². The number of benzene rings is 2. The summed E-state index contributed by atoms with van der Waals surface area (Å²) in [6.45, 7) is 4.31. The Morgan fingerprint density at radius 1 is 1.09 bits per heavy atom. The molecule has 0 saturated carbocycles. The van der Waals surface area contributed by atoms with Crippen molar-refractivity contribution in [3.05, 3.63) is 98.9 Å². The first-order valence-electron chi connectivity index (χ1n) is 14.7. The number of amides is 1. The molecule has 0 spiro atoms. The minimum Gasteiger partial charge on any atom is -0.505 e. The quantitative estimate of drug-likeness (QED) is 0.0364. The van der Waals surface area contributed by atoms with Gasteiger partial charge in [-0.25, -0.2) is 4.98 Å². The van der Waals surface area contributed by atoms with Gasteiger partial charge in [0.05, 0.1) is 31.0 Å². The van der Waals surface area contributed by atoms with Crippen LogP contribution in [0.2, 0.25) is 10.0 Å². The van der Waals surface area contributed by atoms with Crippen LogP contribution in [-0.2, 0) is 15.3 Å². The number of ketones is 1. The third-order valence-corrected chi connectivity index (χ3v) is 10.3. The van der Waals surface area contributed by atoms with Crippen LogP contribution in [-0.4, -0.2) is 50.1 Å². The van der Waals surface area contributed by atoms with Crippen molar-refractivity contribution < 1.29 is 24.2 Å². The molecule has 1 saturated heterocycles. The monoisotopic (exact) mass is 709 g/mol. The van der Waals surface area contributed by atoms with Gasteiger partial charge in [0, 0.05) is 22.0 Å². The number of nitrogens with zero attached hydrogens (tertiary/aromatic N) is 5. The van der Waals surface area contributed by atoms with Gasteiger partial charge in [-0.3, -0.25) is 18.9 Å². The van der Waals surface area contributed by atoms with E-state index in [4.69, 9.17) is 32.7 Å². The van der Waals surface area contributed by atoms with Crippen LogP contribution >= 0.6 is 46.3 Å². The van der Waals surface area contributed by atoms with E-state index in [-0.39, 0.29) is 16.5 Å². The highest BCUT2D eigenvalue weighted by Crippen LogP contribution is 2.46. The van der Waals surface area contributed by atoms with E-state index < -0.39 is 17.7 Å². The van der Waals surface area contributed by atoms with Gasteiger partial charge in [-0.2, -0.15) is 0 Å². The lowest BCUT2D eigenvalue weighted by atomic mass is 9.96. The number of carbonyl (C=O) groups is 2. The third kappa shape index (κ3) is 6.42. The summed E-state index contributed by atoms with van der Waals surface area (Å²) >= 11 is 14.9. The summed E-state index contributed by atoms with van der Waals surface area (Å²) in [7, 11) is 1.52. The second-order valence-electron chi connectivity index (χ2n) is 10.6. The number of hydrogen-bond donors (Lipinski definition) is 1. The average Bonchev–Trinajstić information content (AvgIpc) is 3.74. The summed E-state index contributed by atoms with van der Waals surface area (Å²) in [6.07, 6.45) is 3.57. The van der Waals surface area contributed by atoms with Gasteiger partial charge in [0.2, 0.25) is 5.13 Å². The molecule has 1 aliphatic heterocycles. The number of methoxy groups -OCH3 is 1. The van der Waals surface area contributed by atoms with Crippen molar-refractivity contribution in [3.8, 4) is 11.5 Å². The molecule has 2 aromatic carbocycles. The van der Waals surface area contributed by atoms with Gasteiger partial charge in [0.15, 0.2) is 21.6 Å². The maximum Gasteiger partial charge on any atom is 0.301 e. The molecule has 1 unspecified atom stereocenters. The summed E-state index contributed by atoms with van der Waals surface area (Å²) in [5, 5.41) is 21.7. The molecule has 14 heteroatoms. The van der Waals surface area contributed by atoms with Crippen molar-refractivity contribution in [3.63, 3.8) is 0 Å². The number of carbonyl (C=O) groups excluding carboxylic acids is 2. The van der Waals surface area contributed by atoms with Gasteiger partial charge >= 0.3 is 5.91 Å². The fraction of sp³-hybridized carbons (Fsp3) is 0.242. The Kier molecular flexibility index (Phi) is 9.74. The highest BCUT2D eigenvalue weighted by Gasteiger charge is 2.49. The Bertz CT molecular complexity index is 2030. The minimum atomic E-state index is -1.06. The van der Waals surface area contributed by atoms with E-state index in [9.17, 15) is 14.7 Å². The molecule has 3 aromatic heterocycles. The number of pyridine rings is 1. The molecule has 0 aliphatic carbocycles. The van der Waals surface area contributed by atoms with E-state index in [0.29, 0.717) is 60.8 Å². The number of anilines is 1. The van der Waals surface area contributed by atoms with Crippen LogP contribution in [0.15, 0.2) is 70.7 Å². The van der Waals surface area contributed by atoms with Crippen molar-refractivity contribution in [2.45, 2.75) is 42.8 Å². The number of aromatic nitrogens is 4. The number of halogens is 2. The molecule has 10 nitrogen and oxygen atoms in total. The van der Waals surface area contributed by atoms with Crippen LogP contribution in [0, 0.1) is 6.92 Å². The zero-order valence-electron chi connectivity index (χ0n) is 25.6. The number of Topliss-reactive ketones (excluding diaryl/α,β-unsaturated/α-hetero) is 1. The number of unbranched alkanes of at least 4 members (excludes halogenated alkanes) is 1. The number of imidazole rings is 1. The van der Waals surface area contributed by atoms with Crippen molar-refractivity contribution in [1.82, 2.24) is 19.6 Å². The first kappa shape index (κ1) is 32.8. The van der Waals surface area contributed by atoms with Crippen LogP contribution in [0.3, 0.4) is 0 Å². The maximum absolute atomic E-state index is 13.9. The summed E-state index contributed by atoms with van der Waals surface area (Å²) in [6, 6.07) is 14.8. The normalized spacial score (nSPS) is 15.9. The molecule has 4 heterocycles. The lowest BCUT2D eigenvalue weighted by molar-refractivity contribution is -0.132. The minimum absolute atomic E-state index is 0.109. The largest absolute Gasteiger partial charge is 0.505 e. The summed E-state index contributed by atoms with van der Waals surface area (Å²) < 4.78 is 13.8. The number of aryl methyl sites for hydroxylation is 1. The number of thioether (sulfide) groups is 1. The molecule has 5 aromatic rings. The molecular weight excluding hydrogens is 681 g/mol. The number of hydrogen-bond acceptors (Lipinski definition) is 10. The van der Waals surface area contributed by atoms with E-state index in [1.807, 2.05) is 12.1 Å². The van der Waals surface area contributed by atoms with Crippen LogP contribution in [0.5, 0.6) is 11.5 Å². The summed E-state index contributed by atoms with van der Waals surface area (Å²) in [4.78, 5) is 33.5. The zero-order chi connectivity index (χ0) is 33.2. The molecule has 242 valence electrons. The van der Waals surface area contributed by atoms with Crippen molar-refractivity contribution >= 4 is 74.5 Å². The topological polar surface area (TPSA) is 119 Å². The predicted octanol–water partition coefficient (Wildman–Crippen LogP) is 7.91. The van der Waals surface area contributed by atoms with Crippen molar-refractivity contribution in [2.75, 3.05) is 18.6 Å². The summed E-state index contributed by atoms with van der Waals surface area (Å²) in [5.41, 5.74) is 2.64. The Hall–Kier alpha value is -4.10. The van der Waals surface area contributed by atoms with Crippen LogP contribution in [0.4, 0.5) is 5.13 Å². The zero-order valence-corrected chi connectivity index (χ0v) is 28.7. The van der Waals surface area contributed by atoms with Gasteiger partial charge in [-0.1, -0.05) is 77.8 Å². The molecule has 1 atom stereocenters. The second-order valence-corrected chi connectivity index (χ2v) is 13.7. The predicted molar refractivity (Wildman–Crippen MR) is 184 cm³/mol. The van der Waals surface area contributed by atoms with Crippen molar-refractivity contribution in [2.24, 2.45) is 0 Å². The first-order valence-corrected chi connectivity index (χ1v) is 17.2. The van der Waals surface area contributed by atoms with E-state index >= 15 is 0 Å². The molecule has 0 radical (unpaired) electrons. The van der Waals surface area contributed by atoms with E-state index in [2.05, 4.69) is 22.1 Å². The smallest absolute Gasteiger partial charge is 0.301 e. The number of aliphatic hydroxyl groups is 1. The fourth-order valence-electron chi connectivity index (χ4n) is 5.31. The molecule has 1 N–H and O–H groups in total. The lowest BCUT2D eigenvalue weighted by Crippen LogP contribution is -2.29. The average molecular weight is 711 g/mol. The molecule has 47 heavy (non-hydrogen) atoms. The third-order valence-electron chi connectivity index (χ3n) is 7.60. The van der Waals surface area contributed by atoms with Gasteiger partial charge in [0.25, 0.3) is 5.78 Å². The molecule has 1 amide bonds. The Morgan fingerprint density at radius 3 is 2.68 bits per heavy atom. The van der Waals surface area contributed by atoms with Crippen LogP contribution in [0.25, 0.3) is 11.4 Å². The first-order chi connectivity index (χ1) is 22.7. The number of rotatable bonds is 11. The SMILES string of the molecule is CCCCOc1ccc(C2C(=C(O)c3c(C)nc4ccccn34)C(=O)C(=O)N2c2nnc(SCc3ccc(Cl)cc3Cl)s2)cc1OC. The van der Waals surface area contributed by atoms with Gasteiger partial charge in [0.1, 0.15) is 11.3 Å². The standard InChI is InChI=1S/C33H29Cl2N5O5S2/c1-4-5-14-45-23-12-10-19(15-24(23)44-3)28-26(29(41)27-18(2)36-25-8-6-7-13-39(25)27)30(42)31(43)40(28)32-37-38-33(47-32)46-17-20-9-11-21(34)16-22(20)35/h6-13,15-16,28,41H,4-5,14,17H2,1-3H3.